The van der Waals surface area contributed by atoms with E-state index in [0.717, 1.165) is 12.1 Å². The van der Waals surface area contributed by atoms with Gasteiger partial charge in [-0.25, -0.2) is 9.18 Å². The number of carboxylic acid groups (broad SMARTS) is 1. The van der Waals surface area contributed by atoms with Crippen LogP contribution in [0.15, 0.2) is 63.8 Å². The van der Waals surface area contributed by atoms with E-state index in [4.69, 9.17) is 16.0 Å². The maximum atomic E-state index is 13.5. The molecule has 6 nitrogen and oxygen atoms in total. The Bertz CT molecular complexity index is 1680. The number of carboxylic acids is 1. The van der Waals surface area contributed by atoms with Gasteiger partial charge in [0, 0.05) is 16.0 Å². The Morgan fingerprint density at radius 2 is 1.82 bits per heavy atom. The molecule has 0 aliphatic rings. The van der Waals surface area contributed by atoms with Crippen molar-refractivity contribution in [3.8, 4) is 11.1 Å². The molecule has 1 atom stereocenters. The first-order valence-electron chi connectivity index (χ1n) is 11.5. The molecule has 1 aromatic heterocycles. The summed E-state index contributed by atoms with van der Waals surface area (Å²) in [5.41, 5.74) is -1.42. The van der Waals surface area contributed by atoms with Gasteiger partial charge in [-0.3, -0.25) is 9.59 Å². The summed E-state index contributed by atoms with van der Waals surface area (Å²) >= 11 is 6.33. The quantitative estimate of drug-likeness (QED) is 0.196. The fourth-order valence-corrected chi connectivity index (χ4v) is 4.34. The molecule has 39 heavy (non-hydrogen) atoms. The number of carbonyl (C=O) groups excluding carboxylic acids is 1. The van der Waals surface area contributed by atoms with Gasteiger partial charge in [-0.05, 0) is 60.9 Å². The minimum Gasteiger partial charge on any atom is -0.481 e. The number of nitrogens with one attached hydrogen (secondary N) is 1. The van der Waals surface area contributed by atoms with E-state index in [2.05, 4.69) is 5.32 Å². The van der Waals surface area contributed by atoms with Crippen molar-refractivity contribution in [3.05, 3.63) is 98.1 Å². The summed E-state index contributed by atoms with van der Waals surface area (Å²) < 4.78 is 59.2. The van der Waals surface area contributed by atoms with Crippen LogP contribution in [0.2, 0.25) is 5.02 Å². The van der Waals surface area contributed by atoms with Crippen LogP contribution in [-0.4, -0.2) is 17.0 Å². The normalized spacial score (nSPS) is 12.4. The van der Waals surface area contributed by atoms with Gasteiger partial charge in [0.2, 0.25) is 5.91 Å². The van der Waals surface area contributed by atoms with Crippen LogP contribution in [-0.2, 0) is 22.2 Å². The number of aryl methyl sites for hydroxylation is 1. The van der Waals surface area contributed by atoms with Crippen molar-refractivity contribution in [1.29, 1.82) is 0 Å². The lowest BCUT2D eigenvalue weighted by molar-refractivity contribution is -0.138. The summed E-state index contributed by atoms with van der Waals surface area (Å²) in [6.45, 7) is 3.17. The van der Waals surface area contributed by atoms with Crippen molar-refractivity contribution < 1.29 is 36.7 Å². The maximum Gasteiger partial charge on any atom is 0.418 e. The number of carbonyl (C=O) groups is 2. The molecule has 3 aromatic carbocycles. The molecule has 2 N–H and O–H groups in total. The molecular weight excluding hydrogens is 542 g/mol. The fraction of sp³-hybridized carbons (Fsp3) is 0.179. The van der Waals surface area contributed by atoms with Gasteiger partial charge in [0.15, 0.2) is 0 Å². The molecule has 1 amide bonds. The van der Waals surface area contributed by atoms with E-state index in [9.17, 15) is 37.1 Å². The van der Waals surface area contributed by atoms with Gasteiger partial charge in [0.25, 0.3) is 0 Å². The monoisotopic (exact) mass is 561 g/mol. The number of benzene rings is 3. The van der Waals surface area contributed by atoms with Crippen molar-refractivity contribution in [1.82, 2.24) is 0 Å². The number of hydrogen-bond acceptors (Lipinski definition) is 4. The lowest BCUT2D eigenvalue weighted by Gasteiger charge is -2.16. The molecule has 0 saturated heterocycles. The second kappa shape index (κ2) is 10.5. The number of hydrogen-bond donors (Lipinski definition) is 2. The third-order valence-corrected chi connectivity index (χ3v) is 6.63. The Balaban J connectivity index is 1.87. The lowest BCUT2D eigenvalue weighted by atomic mass is 9.91. The Morgan fingerprint density at radius 3 is 2.49 bits per heavy atom. The van der Waals surface area contributed by atoms with E-state index in [0.29, 0.717) is 27.1 Å². The second-order valence-electron chi connectivity index (χ2n) is 8.94. The van der Waals surface area contributed by atoms with E-state index >= 15 is 0 Å². The summed E-state index contributed by atoms with van der Waals surface area (Å²) in [5, 5.41) is 12.2. The van der Waals surface area contributed by atoms with Gasteiger partial charge in [-0.15, -0.1) is 0 Å². The van der Waals surface area contributed by atoms with Crippen LogP contribution in [0.5, 0.6) is 0 Å². The summed E-state index contributed by atoms with van der Waals surface area (Å²) in [7, 11) is 0. The number of rotatable bonds is 6. The highest BCUT2D eigenvalue weighted by Crippen LogP contribution is 2.37. The van der Waals surface area contributed by atoms with Crippen LogP contribution in [0.4, 0.5) is 23.2 Å². The molecule has 4 rings (SSSR count). The highest BCUT2D eigenvalue weighted by molar-refractivity contribution is 6.32. The first-order chi connectivity index (χ1) is 18.3. The van der Waals surface area contributed by atoms with E-state index in [1.54, 1.807) is 31.2 Å². The minimum absolute atomic E-state index is 0.149. The highest BCUT2D eigenvalue weighted by atomic mass is 35.5. The van der Waals surface area contributed by atoms with Crippen LogP contribution in [0, 0.1) is 12.7 Å². The molecule has 1 unspecified atom stereocenters. The highest BCUT2D eigenvalue weighted by Gasteiger charge is 2.34. The van der Waals surface area contributed by atoms with Gasteiger partial charge in [0.05, 0.1) is 29.2 Å². The standard InChI is InChI=1S/C28H20ClF4NO5/c1-13-8-23-18(11-21(13)29)25(16-5-3-4-15(9-16)14(2)26(36)37)19(27(38)39-23)12-24(35)34-22-7-6-17(30)10-20(22)28(31,32)33/h3-11,14H,12H2,1-2H3,(H,34,35)(H,36,37). The molecule has 4 aromatic rings. The Morgan fingerprint density at radius 1 is 1.10 bits per heavy atom. The third-order valence-electron chi connectivity index (χ3n) is 6.23. The van der Waals surface area contributed by atoms with Crippen molar-refractivity contribution in [2.75, 3.05) is 5.32 Å². The van der Waals surface area contributed by atoms with Crippen LogP contribution in [0.1, 0.15) is 35.1 Å². The predicted molar refractivity (Wildman–Crippen MR) is 137 cm³/mol. The van der Waals surface area contributed by atoms with Crippen molar-refractivity contribution in [3.63, 3.8) is 0 Å². The van der Waals surface area contributed by atoms with Crippen molar-refractivity contribution >= 4 is 40.1 Å². The third kappa shape index (κ3) is 5.80. The minimum atomic E-state index is -4.95. The smallest absolute Gasteiger partial charge is 0.418 e. The number of amides is 1. The van der Waals surface area contributed by atoms with E-state index in [1.807, 2.05) is 0 Å². The number of fused-ring (bicyclic) bond motifs is 1. The average Bonchev–Trinajstić information content (AvgIpc) is 2.85. The lowest BCUT2D eigenvalue weighted by Crippen LogP contribution is -2.22. The SMILES string of the molecule is Cc1cc2oc(=O)c(CC(=O)Nc3ccc(F)cc3C(F)(F)F)c(-c3cccc(C(C)C(=O)O)c3)c2cc1Cl. The van der Waals surface area contributed by atoms with Crippen LogP contribution in [0.3, 0.4) is 0 Å². The van der Waals surface area contributed by atoms with Crippen LogP contribution < -0.4 is 10.9 Å². The van der Waals surface area contributed by atoms with Gasteiger partial charge >= 0.3 is 17.8 Å². The number of anilines is 1. The van der Waals surface area contributed by atoms with Gasteiger partial charge in [-0.1, -0.05) is 35.9 Å². The average molecular weight is 562 g/mol. The molecule has 1 heterocycles. The van der Waals surface area contributed by atoms with Crippen molar-refractivity contribution in [2.24, 2.45) is 0 Å². The van der Waals surface area contributed by atoms with Crippen molar-refractivity contribution in [2.45, 2.75) is 32.4 Å². The Kier molecular flexibility index (Phi) is 7.52. The predicted octanol–water partition coefficient (Wildman–Crippen LogP) is 6.95. The number of halogens is 5. The van der Waals surface area contributed by atoms with E-state index in [1.165, 1.54) is 19.1 Å². The molecular formula is C28H20ClF4NO5. The van der Waals surface area contributed by atoms with E-state index < -0.39 is 53.1 Å². The molecule has 0 bridgehead atoms. The zero-order valence-electron chi connectivity index (χ0n) is 20.5. The summed E-state index contributed by atoms with van der Waals surface area (Å²) in [6.07, 6.45) is -5.65. The van der Waals surface area contributed by atoms with Gasteiger partial charge in [0.1, 0.15) is 11.4 Å². The fourth-order valence-electron chi connectivity index (χ4n) is 4.17. The maximum absolute atomic E-state index is 13.5. The topological polar surface area (TPSA) is 96.6 Å². The summed E-state index contributed by atoms with van der Waals surface area (Å²) in [6, 6.07) is 11.2. The Hall–Kier alpha value is -4.18. The molecule has 0 radical (unpaired) electrons. The zero-order valence-corrected chi connectivity index (χ0v) is 21.2. The zero-order chi connectivity index (χ0) is 28.6. The molecule has 0 aliphatic carbocycles. The first kappa shape index (κ1) is 27.8. The van der Waals surface area contributed by atoms with Crippen LogP contribution in [0.25, 0.3) is 22.1 Å². The second-order valence-corrected chi connectivity index (χ2v) is 9.35. The molecule has 202 valence electrons. The molecule has 0 saturated carbocycles. The van der Waals surface area contributed by atoms with E-state index in [-0.39, 0.29) is 22.8 Å². The number of aliphatic carboxylic acids is 1. The first-order valence-corrected chi connectivity index (χ1v) is 11.9. The summed E-state index contributed by atoms with van der Waals surface area (Å²) in [4.78, 5) is 37.6. The summed E-state index contributed by atoms with van der Waals surface area (Å²) in [5.74, 6) is -4.11. The molecule has 0 fully saturated rings. The molecule has 0 aliphatic heterocycles. The molecule has 11 heteroatoms. The number of alkyl halides is 3. The molecule has 0 spiro atoms. The van der Waals surface area contributed by atoms with Gasteiger partial charge < -0.3 is 14.8 Å². The Labute approximate surface area is 223 Å². The van der Waals surface area contributed by atoms with Gasteiger partial charge in [-0.2, -0.15) is 13.2 Å². The largest absolute Gasteiger partial charge is 0.481 e. The van der Waals surface area contributed by atoms with Crippen LogP contribution >= 0.6 is 11.6 Å².